The highest BCUT2D eigenvalue weighted by molar-refractivity contribution is 5.82. The Labute approximate surface area is 166 Å². The van der Waals surface area contributed by atoms with Crippen LogP contribution < -0.4 is 5.32 Å². The molecule has 1 unspecified atom stereocenters. The molecule has 1 aliphatic heterocycles. The molecule has 0 aliphatic carbocycles. The number of imidazole rings is 1. The second-order valence-corrected chi connectivity index (χ2v) is 7.39. The Balaban J connectivity index is 1.33. The molecular formula is C23H26N4O. The van der Waals surface area contributed by atoms with Crippen LogP contribution in [0.25, 0.3) is 0 Å². The highest BCUT2D eigenvalue weighted by Gasteiger charge is 2.30. The highest BCUT2D eigenvalue weighted by Crippen LogP contribution is 2.20. The van der Waals surface area contributed by atoms with Crippen molar-refractivity contribution in [2.24, 2.45) is 0 Å². The third kappa shape index (κ3) is 4.67. The molecule has 4 rings (SSSR count). The predicted octanol–water partition coefficient (Wildman–Crippen LogP) is 3.21. The second-order valence-electron chi connectivity index (χ2n) is 7.39. The van der Waals surface area contributed by atoms with Gasteiger partial charge in [-0.1, -0.05) is 54.6 Å². The Morgan fingerprint density at radius 3 is 2.68 bits per heavy atom. The molecule has 1 N–H and O–H groups in total. The Bertz CT molecular complexity index is 892. The maximum Gasteiger partial charge on any atom is 0.237 e. The summed E-state index contributed by atoms with van der Waals surface area (Å²) in [5.41, 5.74) is 3.59. The van der Waals surface area contributed by atoms with Crippen molar-refractivity contribution in [1.82, 2.24) is 19.8 Å². The molecule has 1 amide bonds. The lowest BCUT2D eigenvalue weighted by atomic mass is 10.1. The van der Waals surface area contributed by atoms with Crippen molar-refractivity contribution in [3.8, 4) is 0 Å². The van der Waals surface area contributed by atoms with E-state index in [2.05, 4.69) is 57.7 Å². The van der Waals surface area contributed by atoms with Crippen molar-refractivity contribution in [1.29, 1.82) is 0 Å². The smallest absolute Gasteiger partial charge is 0.237 e. The number of carbonyl (C=O) groups is 1. The molecule has 1 saturated heterocycles. The van der Waals surface area contributed by atoms with Crippen molar-refractivity contribution in [3.63, 3.8) is 0 Å². The van der Waals surface area contributed by atoms with Crippen LogP contribution in [0.3, 0.4) is 0 Å². The number of benzene rings is 2. The molecule has 1 atom stereocenters. The van der Waals surface area contributed by atoms with Gasteiger partial charge in [-0.3, -0.25) is 9.69 Å². The van der Waals surface area contributed by atoms with Gasteiger partial charge in [-0.15, -0.1) is 0 Å². The van der Waals surface area contributed by atoms with Crippen molar-refractivity contribution < 1.29 is 4.79 Å². The van der Waals surface area contributed by atoms with Gasteiger partial charge in [-0.25, -0.2) is 4.98 Å². The third-order valence-corrected chi connectivity index (χ3v) is 5.28. The van der Waals surface area contributed by atoms with E-state index in [1.165, 1.54) is 11.1 Å². The molecule has 2 heterocycles. The van der Waals surface area contributed by atoms with Crippen molar-refractivity contribution in [3.05, 3.63) is 90.0 Å². The van der Waals surface area contributed by atoms with E-state index in [-0.39, 0.29) is 11.9 Å². The summed E-state index contributed by atoms with van der Waals surface area (Å²) in [4.78, 5) is 19.2. The fourth-order valence-corrected chi connectivity index (χ4v) is 3.87. The first-order valence-corrected chi connectivity index (χ1v) is 9.87. The van der Waals surface area contributed by atoms with Gasteiger partial charge in [0.25, 0.3) is 0 Å². The molecule has 0 spiro atoms. The van der Waals surface area contributed by atoms with Crippen LogP contribution in [0.4, 0.5) is 0 Å². The Kier molecular flexibility index (Phi) is 5.83. The summed E-state index contributed by atoms with van der Waals surface area (Å²) in [7, 11) is 0. The minimum atomic E-state index is -0.0330. The molecule has 0 bridgehead atoms. The molecule has 144 valence electrons. The molecule has 1 aliphatic rings. The van der Waals surface area contributed by atoms with Gasteiger partial charge in [0.05, 0.1) is 12.4 Å². The van der Waals surface area contributed by atoms with Gasteiger partial charge in [-0.2, -0.15) is 0 Å². The number of carbonyl (C=O) groups excluding carboxylic acids is 1. The minimum absolute atomic E-state index is 0.0330. The van der Waals surface area contributed by atoms with E-state index >= 15 is 0 Å². The lowest BCUT2D eigenvalue weighted by Gasteiger charge is -2.23. The Morgan fingerprint density at radius 1 is 1.04 bits per heavy atom. The zero-order chi connectivity index (χ0) is 19.2. The molecule has 2 aromatic carbocycles. The van der Waals surface area contributed by atoms with E-state index in [9.17, 15) is 4.79 Å². The average Bonchev–Trinajstić information content (AvgIpc) is 3.39. The second kappa shape index (κ2) is 8.85. The van der Waals surface area contributed by atoms with Crippen LogP contribution in [0.2, 0.25) is 0 Å². The van der Waals surface area contributed by atoms with Gasteiger partial charge in [-0.05, 0) is 36.1 Å². The molecule has 28 heavy (non-hydrogen) atoms. The van der Waals surface area contributed by atoms with Gasteiger partial charge in [0, 0.05) is 32.0 Å². The number of rotatable bonds is 7. The first-order valence-electron chi connectivity index (χ1n) is 9.87. The molecule has 0 radical (unpaired) electrons. The fourth-order valence-electron chi connectivity index (χ4n) is 3.87. The van der Waals surface area contributed by atoms with E-state index in [0.29, 0.717) is 6.54 Å². The zero-order valence-corrected chi connectivity index (χ0v) is 16.0. The number of hydrogen-bond acceptors (Lipinski definition) is 3. The molecule has 5 heteroatoms. The number of aromatic nitrogens is 2. The summed E-state index contributed by atoms with van der Waals surface area (Å²) in [6.45, 7) is 3.16. The summed E-state index contributed by atoms with van der Waals surface area (Å²) in [6.07, 6.45) is 7.56. The summed E-state index contributed by atoms with van der Waals surface area (Å²) in [5, 5.41) is 3.14. The number of nitrogens with zero attached hydrogens (tertiary/aromatic N) is 3. The monoisotopic (exact) mass is 374 g/mol. The van der Waals surface area contributed by atoms with Crippen LogP contribution in [0, 0.1) is 0 Å². The summed E-state index contributed by atoms with van der Waals surface area (Å²) in [6, 6.07) is 18.7. The maximum absolute atomic E-state index is 12.8. The van der Waals surface area contributed by atoms with Gasteiger partial charge in [0.15, 0.2) is 0 Å². The lowest BCUT2D eigenvalue weighted by molar-refractivity contribution is -0.125. The SMILES string of the molecule is O=C(NCc1cccc(Cn2ccnc2)c1)C1CCCN1Cc1ccccc1. The van der Waals surface area contributed by atoms with Gasteiger partial charge in [0.2, 0.25) is 5.91 Å². The van der Waals surface area contributed by atoms with E-state index in [4.69, 9.17) is 0 Å². The van der Waals surface area contributed by atoms with Crippen LogP contribution in [0.5, 0.6) is 0 Å². The van der Waals surface area contributed by atoms with Crippen LogP contribution in [-0.2, 0) is 24.4 Å². The summed E-state index contributed by atoms with van der Waals surface area (Å²) >= 11 is 0. The van der Waals surface area contributed by atoms with E-state index in [1.807, 2.05) is 29.2 Å². The van der Waals surface area contributed by atoms with Crippen LogP contribution in [0.15, 0.2) is 73.3 Å². The number of hydrogen-bond donors (Lipinski definition) is 1. The zero-order valence-electron chi connectivity index (χ0n) is 16.0. The molecule has 5 nitrogen and oxygen atoms in total. The van der Waals surface area contributed by atoms with Crippen molar-refractivity contribution >= 4 is 5.91 Å². The minimum Gasteiger partial charge on any atom is -0.351 e. The van der Waals surface area contributed by atoms with Crippen LogP contribution in [0.1, 0.15) is 29.5 Å². The fraction of sp³-hybridized carbons (Fsp3) is 0.304. The largest absolute Gasteiger partial charge is 0.351 e. The van der Waals surface area contributed by atoms with Crippen molar-refractivity contribution in [2.45, 2.75) is 38.5 Å². The normalized spacial score (nSPS) is 16.9. The number of nitrogens with one attached hydrogen (secondary N) is 1. The standard InChI is InChI=1S/C23H26N4O/c28-23(22-10-5-12-27(22)17-19-6-2-1-3-7-19)25-15-20-8-4-9-21(14-20)16-26-13-11-24-18-26/h1-4,6-9,11,13-14,18,22H,5,10,12,15-17H2,(H,25,28). The van der Waals surface area contributed by atoms with Gasteiger partial charge >= 0.3 is 0 Å². The van der Waals surface area contributed by atoms with Crippen molar-refractivity contribution in [2.75, 3.05) is 6.54 Å². The van der Waals surface area contributed by atoms with Crippen LogP contribution >= 0.6 is 0 Å². The molecule has 1 fully saturated rings. The Morgan fingerprint density at radius 2 is 1.86 bits per heavy atom. The van der Waals surface area contributed by atoms with E-state index < -0.39 is 0 Å². The summed E-state index contributed by atoms with van der Waals surface area (Å²) < 4.78 is 2.04. The molecule has 3 aromatic rings. The molecule has 1 aromatic heterocycles. The van der Waals surface area contributed by atoms with Gasteiger partial charge in [0.1, 0.15) is 0 Å². The van der Waals surface area contributed by atoms with Gasteiger partial charge < -0.3 is 9.88 Å². The molecule has 0 saturated carbocycles. The first kappa shape index (κ1) is 18.4. The highest BCUT2D eigenvalue weighted by atomic mass is 16.2. The predicted molar refractivity (Wildman–Crippen MR) is 109 cm³/mol. The molecular weight excluding hydrogens is 348 g/mol. The summed E-state index contributed by atoms with van der Waals surface area (Å²) in [5.74, 6) is 0.133. The van der Waals surface area contributed by atoms with Crippen LogP contribution in [-0.4, -0.2) is 32.9 Å². The third-order valence-electron chi connectivity index (χ3n) is 5.28. The Hall–Kier alpha value is -2.92. The topological polar surface area (TPSA) is 50.2 Å². The lowest BCUT2D eigenvalue weighted by Crippen LogP contribution is -2.42. The van der Waals surface area contributed by atoms with E-state index in [0.717, 1.165) is 38.0 Å². The quantitative estimate of drug-likeness (QED) is 0.691. The maximum atomic E-state index is 12.8. The number of amides is 1. The van der Waals surface area contributed by atoms with E-state index in [1.54, 1.807) is 6.20 Å². The first-order chi connectivity index (χ1) is 13.8. The number of likely N-dealkylation sites (tertiary alicyclic amines) is 1. The average molecular weight is 374 g/mol.